The van der Waals surface area contributed by atoms with E-state index in [4.69, 9.17) is 4.74 Å². The van der Waals surface area contributed by atoms with E-state index in [2.05, 4.69) is 26.2 Å². The first-order chi connectivity index (χ1) is 13.5. The van der Waals surface area contributed by atoms with Crippen LogP contribution < -0.4 is 10.1 Å². The minimum Gasteiger partial charge on any atom is -0.497 e. The number of halogens is 1. The summed E-state index contributed by atoms with van der Waals surface area (Å²) in [7, 11) is 3.55. The molecule has 5 nitrogen and oxygen atoms in total. The summed E-state index contributed by atoms with van der Waals surface area (Å²) in [6.45, 7) is 1.91. The lowest BCUT2D eigenvalue weighted by atomic mass is 10.1. The Hall–Kier alpha value is -2.25. The summed E-state index contributed by atoms with van der Waals surface area (Å²) >= 11 is 4.95. The van der Waals surface area contributed by atoms with Crippen molar-refractivity contribution >= 4 is 33.6 Å². The normalized spacial score (nSPS) is 13.0. The standard InChI is InChI=1S/C21H22BrN3O2S/c1-14(28-18-9-7-16(22)8-10-18)21(26)24-19(20-23-11-12-25(20)2)15-5-4-6-17(13-15)27-3/h4-14,19H,1-3H3,(H,24,26). The molecule has 0 aliphatic carbocycles. The lowest BCUT2D eigenvalue weighted by Crippen LogP contribution is -2.36. The lowest BCUT2D eigenvalue weighted by Gasteiger charge is -2.22. The van der Waals surface area contributed by atoms with Crippen LogP contribution in [0.3, 0.4) is 0 Å². The maximum atomic E-state index is 12.9. The molecule has 0 fully saturated rings. The van der Waals surface area contributed by atoms with Gasteiger partial charge in [0, 0.05) is 28.8 Å². The molecule has 146 valence electrons. The summed E-state index contributed by atoms with van der Waals surface area (Å²) in [5, 5.41) is 2.90. The number of nitrogens with one attached hydrogen (secondary N) is 1. The number of carbonyl (C=O) groups excluding carboxylic acids is 1. The Morgan fingerprint density at radius 3 is 2.64 bits per heavy atom. The zero-order valence-electron chi connectivity index (χ0n) is 15.9. The van der Waals surface area contributed by atoms with Crippen LogP contribution in [0.25, 0.3) is 0 Å². The predicted octanol–water partition coefficient (Wildman–Crippen LogP) is 4.58. The van der Waals surface area contributed by atoms with Gasteiger partial charge >= 0.3 is 0 Å². The van der Waals surface area contributed by atoms with Crippen LogP contribution in [-0.4, -0.2) is 27.8 Å². The van der Waals surface area contributed by atoms with Gasteiger partial charge in [0.25, 0.3) is 0 Å². The van der Waals surface area contributed by atoms with E-state index in [1.807, 2.05) is 73.3 Å². The molecule has 0 saturated carbocycles. The minimum atomic E-state index is -0.365. The Morgan fingerprint density at radius 2 is 2.00 bits per heavy atom. The van der Waals surface area contributed by atoms with Crippen LogP contribution in [0.5, 0.6) is 5.75 Å². The molecule has 0 bridgehead atoms. The van der Waals surface area contributed by atoms with Gasteiger partial charge in [-0.15, -0.1) is 11.8 Å². The second-order valence-corrected chi connectivity index (χ2v) is 8.66. The van der Waals surface area contributed by atoms with E-state index in [9.17, 15) is 4.79 Å². The quantitative estimate of drug-likeness (QED) is 0.525. The first-order valence-electron chi connectivity index (χ1n) is 8.81. The van der Waals surface area contributed by atoms with Crippen LogP contribution in [0.4, 0.5) is 0 Å². The summed E-state index contributed by atoms with van der Waals surface area (Å²) < 4.78 is 8.28. The zero-order chi connectivity index (χ0) is 20.1. The molecule has 1 heterocycles. The van der Waals surface area contributed by atoms with Crippen LogP contribution >= 0.6 is 27.7 Å². The van der Waals surface area contributed by atoms with E-state index in [1.165, 1.54) is 11.8 Å². The van der Waals surface area contributed by atoms with E-state index in [0.29, 0.717) is 0 Å². The maximum Gasteiger partial charge on any atom is 0.234 e. The molecule has 3 rings (SSSR count). The van der Waals surface area contributed by atoms with E-state index >= 15 is 0 Å². The molecule has 3 aromatic rings. The molecular weight excluding hydrogens is 438 g/mol. The molecule has 1 amide bonds. The van der Waals surface area contributed by atoms with Crippen LogP contribution in [0.1, 0.15) is 24.4 Å². The lowest BCUT2D eigenvalue weighted by molar-refractivity contribution is -0.120. The average molecular weight is 460 g/mol. The van der Waals surface area contributed by atoms with E-state index < -0.39 is 0 Å². The van der Waals surface area contributed by atoms with Crippen molar-refractivity contribution in [2.24, 2.45) is 7.05 Å². The summed E-state index contributed by atoms with van der Waals surface area (Å²) in [6.07, 6.45) is 3.60. The molecule has 2 aromatic carbocycles. The molecule has 1 aromatic heterocycles. The van der Waals surface area contributed by atoms with Crippen molar-refractivity contribution in [3.63, 3.8) is 0 Å². The minimum absolute atomic E-state index is 0.0521. The number of thioether (sulfide) groups is 1. The highest BCUT2D eigenvalue weighted by Crippen LogP contribution is 2.28. The fourth-order valence-corrected chi connectivity index (χ4v) is 3.94. The number of aromatic nitrogens is 2. The fourth-order valence-electron chi connectivity index (χ4n) is 2.80. The maximum absolute atomic E-state index is 12.9. The Morgan fingerprint density at radius 1 is 1.25 bits per heavy atom. The second-order valence-electron chi connectivity index (χ2n) is 6.33. The molecule has 0 aliphatic heterocycles. The van der Waals surface area contributed by atoms with Crippen molar-refractivity contribution < 1.29 is 9.53 Å². The third-order valence-electron chi connectivity index (χ3n) is 4.33. The Kier molecular flexibility index (Phi) is 6.80. The molecule has 2 unspecified atom stereocenters. The highest BCUT2D eigenvalue weighted by molar-refractivity contribution is 9.10. The number of carbonyl (C=O) groups is 1. The smallest absolute Gasteiger partial charge is 0.234 e. The number of imidazole rings is 1. The molecule has 0 saturated heterocycles. The molecular formula is C21H22BrN3O2S. The van der Waals surface area contributed by atoms with Gasteiger partial charge in [0.2, 0.25) is 5.91 Å². The van der Waals surface area contributed by atoms with E-state index in [0.717, 1.165) is 26.5 Å². The van der Waals surface area contributed by atoms with Crippen LogP contribution in [0, 0.1) is 0 Å². The first kappa shape index (κ1) is 20.5. The molecule has 28 heavy (non-hydrogen) atoms. The number of aryl methyl sites for hydroxylation is 1. The van der Waals surface area contributed by atoms with Crippen LogP contribution in [-0.2, 0) is 11.8 Å². The Balaban J connectivity index is 1.81. The van der Waals surface area contributed by atoms with Gasteiger partial charge in [-0.3, -0.25) is 4.79 Å². The monoisotopic (exact) mass is 459 g/mol. The molecule has 7 heteroatoms. The topological polar surface area (TPSA) is 56.1 Å². The van der Waals surface area contributed by atoms with Gasteiger partial charge in [-0.25, -0.2) is 4.98 Å². The van der Waals surface area contributed by atoms with Crippen molar-refractivity contribution in [2.75, 3.05) is 7.11 Å². The van der Waals surface area contributed by atoms with Gasteiger partial charge < -0.3 is 14.6 Å². The molecule has 0 radical (unpaired) electrons. The van der Waals surface area contributed by atoms with E-state index in [-0.39, 0.29) is 17.2 Å². The predicted molar refractivity (Wildman–Crippen MR) is 116 cm³/mol. The van der Waals surface area contributed by atoms with Crippen molar-refractivity contribution in [3.8, 4) is 5.75 Å². The molecule has 1 N–H and O–H groups in total. The van der Waals surface area contributed by atoms with Crippen LogP contribution in [0.15, 0.2) is 70.3 Å². The van der Waals surface area contributed by atoms with Gasteiger partial charge in [0.05, 0.1) is 12.4 Å². The summed E-state index contributed by atoms with van der Waals surface area (Å²) in [6, 6.07) is 15.3. The van der Waals surface area contributed by atoms with E-state index in [1.54, 1.807) is 13.3 Å². The largest absolute Gasteiger partial charge is 0.497 e. The number of methoxy groups -OCH3 is 1. The number of hydrogen-bond donors (Lipinski definition) is 1. The second kappa shape index (κ2) is 9.30. The van der Waals surface area contributed by atoms with Crippen molar-refractivity contribution in [3.05, 3.63) is 76.8 Å². The number of rotatable bonds is 7. The summed E-state index contributed by atoms with van der Waals surface area (Å²) in [4.78, 5) is 18.4. The number of hydrogen-bond acceptors (Lipinski definition) is 4. The number of ether oxygens (including phenoxy) is 1. The first-order valence-corrected chi connectivity index (χ1v) is 10.5. The van der Waals surface area contributed by atoms with Crippen LogP contribution in [0.2, 0.25) is 0 Å². The highest BCUT2D eigenvalue weighted by Gasteiger charge is 2.24. The van der Waals surface area contributed by atoms with Crippen molar-refractivity contribution in [1.82, 2.24) is 14.9 Å². The van der Waals surface area contributed by atoms with Gasteiger partial charge in [-0.2, -0.15) is 0 Å². The average Bonchev–Trinajstić information content (AvgIpc) is 3.13. The summed E-state index contributed by atoms with van der Waals surface area (Å²) in [5.41, 5.74) is 0.919. The SMILES string of the molecule is COc1cccc(C(NC(=O)C(C)Sc2ccc(Br)cc2)c2nccn2C)c1. The van der Waals surface area contributed by atoms with Gasteiger partial charge in [-0.05, 0) is 48.9 Å². The summed E-state index contributed by atoms with van der Waals surface area (Å²) in [5.74, 6) is 1.45. The highest BCUT2D eigenvalue weighted by atomic mass is 79.9. The van der Waals surface area contributed by atoms with Crippen molar-refractivity contribution in [2.45, 2.75) is 23.1 Å². The number of benzene rings is 2. The van der Waals surface area contributed by atoms with Gasteiger partial charge in [0.15, 0.2) is 0 Å². The fraction of sp³-hybridized carbons (Fsp3) is 0.238. The number of nitrogens with zero attached hydrogens (tertiary/aromatic N) is 2. The number of amides is 1. The Labute approximate surface area is 177 Å². The molecule has 0 spiro atoms. The Bertz CT molecular complexity index is 943. The van der Waals surface area contributed by atoms with Crippen molar-refractivity contribution in [1.29, 1.82) is 0 Å². The molecule has 0 aliphatic rings. The zero-order valence-corrected chi connectivity index (χ0v) is 18.3. The third kappa shape index (κ3) is 4.97. The van der Waals surface area contributed by atoms with Gasteiger partial charge in [-0.1, -0.05) is 28.1 Å². The van der Waals surface area contributed by atoms with Gasteiger partial charge in [0.1, 0.15) is 17.6 Å². The molecule has 2 atom stereocenters. The third-order valence-corrected chi connectivity index (χ3v) is 5.97.